The Balaban J connectivity index is 1.45. The Labute approximate surface area is 159 Å². The third-order valence-electron chi connectivity index (χ3n) is 6.44. The van der Waals surface area contributed by atoms with Crippen LogP contribution in [0.5, 0.6) is 0 Å². The number of likely N-dealkylation sites (tertiary alicyclic amines) is 2. The van der Waals surface area contributed by atoms with Gasteiger partial charge in [0.05, 0.1) is 0 Å². The fraction of sp³-hybridized carbons (Fsp3) is 0.619. The van der Waals surface area contributed by atoms with Gasteiger partial charge in [0.25, 0.3) is 0 Å². The molecule has 1 aromatic carbocycles. The summed E-state index contributed by atoms with van der Waals surface area (Å²) in [6.45, 7) is 4.45. The van der Waals surface area contributed by atoms with E-state index in [0.717, 1.165) is 49.9 Å². The molecule has 0 radical (unpaired) electrons. The topological polar surface area (TPSA) is 60.9 Å². The van der Waals surface area contributed by atoms with Crippen molar-refractivity contribution < 1.29 is 19.1 Å². The van der Waals surface area contributed by atoms with Gasteiger partial charge in [-0.2, -0.15) is 0 Å². The molecule has 2 saturated heterocycles. The lowest BCUT2D eigenvalue weighted by atomic mass is 9.76. The fourth-order valence-corrected chi connectivity index (χ4v) is 4.84. The van der Waals surface area contributed by atoms with E-state index in [2.05, 4.69) is 0 Å². The lowest BCUT2D eigenvalue weighted by molar-refractivity contribution is -0.142. The van der Waals surface area contributed by atoms with Crippen LogP contribution >= 0.6 is 0 Å². The normalized spacial score (nSPS) is 25.1. The summed E-state index contributed by atoms with van der Waals surface area (Å²) >= 11 is 0. The molecule has 5 nitrogen and oxygen atoms in total. The number of piperidine rings is 1. The van der Waals surface area contributed by atoms with Crippen molar-refractivity contribution in [3.63, 3.8) is 0 Å². The van der Waals surface area contributed by atoms with Crippen molar-refractivity contribution >= 4 is 11.9 Å². The van der Waals surface area contributed by atoms with Gasteiger partial charge in [0.2, 0.25) is 5.91 Å². The first kappa shape index (κ1) is 18.4. The van der Waals surface area contributed by atoms with Crippen molar-refractivity contribution in [3.05, 3.63) is 35.1 Å². The van der Waals surface area contributed by atoms with E-state index < -0.39 is 12.0 Å². The number of benzene rings is 1. The molecule has 6 heteroatoms. The van der Waals surface area contributed by atoms with E-state index in [4.69, 9.17) is 0 Å². The molecule has 146 valence electrons. The van der Waals surface area contributed by atoms with Crippen LogP contribution in [-0.2, 0) is 16.1 Å². The van der Waals surface area contributed by atoms with Gasteiger partial charge in [-0.15, -0.1) is 0 Å². The Hall–Kier alpha value is -1.95. The van der Waals surface area contributed by atoms with Gasteiger partial charge in [-0.1, -0.05) is 6.07 Å². The van der Waals surface area contributed by atoms with Gasteiger partial charge < -0.3 is 10.0 Å². The second-order valence-corrected chi connectivity index (χ2v) is 8.70. The van der Waals surface area contributed by atoms with Crippen molar-refractivity contribution in [2.75, 3.05) is 19.6 Å². The first-order valence-corrected chi connectivity index (χ1v) is 9.87. The maximum absolute atomic E-state index is 13.7. The molecule has 27 heavy (non-hydrogen) atoms. The lowest BCUT2D eigenvalue weighted by Crippen LogP contribution is -2.44. The molecule has 0 bridgehead atoms. The van der Waals surface area contributed by atoms with Crippen LogP contribution in [0.15, 0.2) is 18.2 Å². The molecule has 1 saturated carbocycles. The Morgan fingerprint density at radius 2 is 1.93 bits per heavy atom. The molecule has 3 aliphatic rings. The zero-order valence-electron chi connectivity index (χ0n) is 15.8. The maximum atomic E-state index is 13.7. The summed E-state index contributed by atoms with van der Waals surface area (Å²) in [7, 11) is 0. The monoisotopic (exact) mass is 374 g/mol. The summed E-state index contributed by atoms with van der Waals surface area (Å²) in [6.07, 6.45) is 4.36. The predicted octanol–water partition coefficient (Wildman–Crippen LogP) is 2.81. The second kappa shape index (κ2) is 6.89. The summed E-state index contributed by atoms with van der Waals surface area (Å²) < 4.78 is 13.7. The number of halogens is 1. The third-order valence-corrected chi connectivity index (χ3v) is 6.44. The van der Waals surface area contributed by atoms with Gasteiger partial charge >= 0.3 is 5.97 Å². The van der Waals surface area contributed by atoms with Crippen molar-refractivity contribution in [3.8, 4) is 0 Å². The van der Waals surface area contributed by atoms with E-state index in [1.807, 2.05) is 22.8 Å². The molecule has 1 N–H and O–H groups in total. The number of carbonyl (C=O) groups excluding carboxylic acids is 1. The molecule has 4 rings (SSSR count). The number of carboxylic acid groups (broad SMARTS) is 1. The Kier molecular flexibility index (Phi) is 4.70. The first-order valence-electron chi connectivity index (χ1n) is 9.87. The van der Waals surface area contributed by atoms with Gasteiger partial charge in [-0.25, -0.2) is 4.39 Å². The average molecular weight is 374 g/mol. The highest BCUT2D eigenvalue weighted by atomic mass is 19.1. The van der Waals surface area contributed by atoms with Gasteiger partial charge in [0.1, 0.15) is 11.9 Å². The van der Waals surface area contributed by atoms with E-state index in [9.17, 15) is 19.1 Å². The van der Waals surface area contributed by atoms with E-state index in [0.29, 0.717) is 19.5 Å². The van der Waals surface area contributed by atoms with Gasteiger partial charge in [0.15, 0.2) is 0 Å². The molecule has 1 aliphatic carbocycles. The quantitative estimate of drug-likeness (QED) is 0.880. The van der Waals surface area contributed by atoms with Crippen LogP contribution in [0.25, 0.3) is 0 Å². The lowest BCUT2D eigenvalue weighted by Gasteiger charge is -2.39. The standard InChI is InChI=1S/C21H27FN2O3/c1-14-8-15(10-17(22)9-14)12-24-13-21(11-18(24)20(26)27)4-6-23(7-5-21)19(25)16-2-3-16/h8-10,16,18H,2-7,11-13H2,1H3,(H,26,27)/t18-/m1/s1. The molecule has 1 atom stereocenters. The van der Waals surface area contributed by atoms with Gasteiger partial charge in [-0.3, -0.25) is 14.5 Å². The highest BCUT2D eigenvalue weighted by Crippen LogP contribution is 2.45. The van der Waals surface area contributed by atoms with E-state index in [1.165, 1.54) is 12.1 Å². The number of hydrogen-bond donors (Lipinski definition) is 1. The molecular weight excluding hydrogens is 347 g/mol. The number of carbonyl (C=O) groups is 2. The first-order chi connectivity index (χ1) is 12.8. The minimum Gasteiger partial charge on any atom is -0.480 e. The summed E-state index contributed by atoms with van der Waals surface area (Å²) in [4.78, 5) is 28.1. The fourth-order valence-electron chi connectivity index (χ4n) is 4.84. The summed E-state index contributed by atoms with van der Waals surface area (Å²) in [5.74, 6) is -0.569. The van der Waals surface area contributed by atoms with Crippen molar-refractivity contribution in [1.82, 2.24) is 9.80 Å². The molecule has 3 fully saturated rings. The maximum Gasteiger partial charge on any atom is 0.320 e. The number of hydrogen-bond acceptors (Lipinski definition) is 3. The zero-order chi connectivity index (χ0) is 19.2. The minimum atomic E-state index is -0.809. The van der Waals surface area contributed by atoms with Crippen LogP contribution in [0.2, 0.25) is 0 Å². The van der Waals surface area contributed by atoms with Crippen LogP contribution in [0, 0.1) is 24.1 Å². The number of amides is 1. The van der Waals surface area contributed by atoms with Gasteiger partial charge in [0, 0.05) is 32.1 Å². The number of rotatable bonds is 4. The molecular formula is C21H27FN2O3. The molecule has 1 spiro atoms. The summed E-state index contributed by atoms with van der Waals surface area (Å²) in [6, 6.07) is 4.35. The highest BCUT2D eigenvalue weighted by Gasteiger charge is 2.49. The largest absolute Gasteiger partial charge is 0.480 e. The van der Waals surface area contributed by atoms with Crippen LogP contribution in [0.3, 0.4) is 0 Å². The number of nitrogens with zero attached hydrogens (tertiary/aromatic N) is 2. The summed E-state index contributed by atoms with van der Waals surface area (Å²) in [5, 5.41) is 9.73. The minimum absolute atomic E-state index is 0.0498. The van der Waals surface area contributed by atoms with E-state index in [1.54, 1.807) is 0 Å². The van der Waals surface area contributed by atoms with Gasteiger partial charge in [-0.05, 0) is 67.7 Å². The average Bonchev–Trinajstić information content (AvgIpc) is 3.38. The van der Waals surface area contributed by atoms with Crippen LogP contribution in [0.4, 0.5) is 4.39 Å². The highest BCUT2D eigenvalue weighted by molar-refractivity contribution is 5.81. The molecule has 0 unspecified atom stereocenters. The zero-order valence-corrected chi connectivity index (χ0v) is 15.8. The Morgan fingerprint density at radius 1 is 1.22 bits per heavy atom. The molecule has 2 aliphatic heterocycles. The molecule has 1 aromatic rings. The number of aliphatic carboxylic acids is 1. The van der Waals surface area contributed by atoms with Crippen molar-refractivity contribution in [2.45, 2.75) is 51.6 Å². The third kappa shape index (κ3) is 3.86. The predicted molar refractivity (Wildman–Crippen MR) is 98.6 cm³/mol. The molecule has 1 amide bonds. The summed E-state index contributed by atoms with van der Waals surface area (Å²) in [5.41, 5.74) is 1.61. The number of aryl methyl sites for hydroxylation is 1. The molecule has 2 heterocycles. The van der Waals surface area contributed by atoms with Crippen molar-refractivity contribution in [1.29, 1.82) is 0 Å². The van der Waals surface area contributed by atoms with Crippen LogP contribution in [-0.4, -0.2) is 52.5 Å². The number of carboxylic acids is 1. The van der Waals surface area contributed by atoms with Crippen LogP contribution < -0.4 is 0 Å². The van der Waals surface area contributed by atoms with Crippen molar-refractivity contribution in [2.24, 2.45) is 11.3 Å². The second-order valence-electron chi connectivity index (χ2n) is 8.70. The SMILES string of the molecule is Cc1cc(F)cc(CN2CC3(CCN(C(=O)C4CC4)CC3)C[C@@H]2C(=O)O)c1. The smallest absolute Gasteiger partial charge is 0.320 e. The Bertz CT molecular complexity index is 734. The Morgan fingerprint density at radius 3 is 2.52 bits per heavy atom. The van der Waals surface area contributed by atoms with E-state index in [-0.39, 0.29) is 23.1 Å². The molecule has 0 aromatic heterocycles. The van der Waals surface area contributed by atoms with Crippen LogP contribution in [0.1, 0.15) is 43.2 Å². The van der Waals surface area contributed by atoms with E-state index >= 15 is 0 Å².